The van der Waals surface area contributed by atoms with Crippen molar-refractivity contribution in [3.05, 3.63) is 29.8 Å². The van der Waals surface area contributed by atoms with E-state index in [1.807, 2.05) is 6.92 Å². The van der Waals surface area contributed by atoms with Gasteiger partial charge in [0.2, 0.25) is 10.0 Å². The number of nitrogens with zero attached hydrogens (tertiary/aromatic N) is 1. The number of sulfonamides is 1. The standard InChI is InChI=1S/C16H23F3N2O2S.ClH/c1-2-11-21(14-7-9-20-10-8-14)24(22,23)15-5-3-13(4-6-15)12-16(17,18)19;/h3-6,14,20H,2,7-12H2,1H3;1H. The summed E-state index contributed by atoms with van der Waals surface area (Å²) in [5, 5.41) is 3.20. The fourth-order valence-corrected chi connectivity index (χ4v) is 4.74. The zero-order valence-electron chi connectivity index (χ0n) is 14.1. The van der Waals surface area contributed by atoms with Crippen molar-refractivity contribution in [2.45, 2.75) is 49.7 Å². The summed E-state index contributed by atoms with van der Waals surface area (Å²) in [6.45, 7) is 3.86. The minimum absolute atomic E-state index is 0. The highest BCUT2D eigenvalue weighted by molar-refractivity contribution is 7.89. The second-order valence-corrected chi connectivity index (χ2v) is 7.92. The molecular weight excluding hydrogens is 377 g/mol. The molecule has 1 aliphatic rings. The molecule has 1 saturated heterocycles. The van der Waals surface area contributed by atoms with Crippen molar-refractivity contribution in [2.75, 3.05) is 19.6 Å². The second kappa shape index (κ2) is 9.21. The van der Waals surface area contributed by atoms with Crippen LogP contribution >= 0.6 is 12.4 Å². The van der Waals surface area contributed by atoms with Gasteiger partial charge >= 0.3 is 6.18 Å². The van der Waals surface area contributed by atoms with Crippen LogP contribution in [-0.2, 0) is 16.4 Å². The van der Waals surface area contributed by atoms with Crippen molar-refractivity contribution >= 4 is 22.4 Å². The lowest BCUT2D eigenvalue weighted by Gasteiger charge is -2.33. The molecule has 25 heavy (non-hydrogen) atoms. The van der Waals surface area contributed by atoms with Gasteiger partial charge in [-0.1, -0.05) is 19.1 Å². The third-order valence-corrected chi connectivity index (χ3v) is 6.06. The molecule has 0 aliphatic carbocycles. The monoisotopic (exact) mass is 400 g/mol. The first-order valence-electron chi connectivity index (χ1n) is 8.12. The van der Waals surface area contributed by atoms with Crippen molar-refractivity contribution in [1.82, 2.24) is 9.62 Å². The SMILES string of the molecule is CCCN(C1CCNCC1)S(=O)(=O)c1ccc(CC(F)(F)F)cc1.Cl. The average Bonchev–Trinajstić information content (AvgIpc) is 2.52. The first-order chi connectivity index (χ1) is 11.2. The minimum Gasteiger partial charge on any atom is -0.317 e. The van der Waals surface area contributed by atoms with Gasteiger partial charge in [0.25, 0.3) is 0 Å². The Kier molecular flexibility index (Phi) is 8.18. The van der Waals surface area contributed by atoms with Crippen LogP contribution in [0, 0.1) is 0 Å². The molecule has 0 unspecified atom stereocenters. The Morgan fingerprint density at radius 2 is 1.72 bits per heavy atom. The predicted octanol–water partition coefficient (Wildman–Crippen LogP) is 3.37. The van der Waals surface area contributed by atoms with E-state index in [1.54, 1.807) is 0 Å². The van der Waals surface area contributed by atoms with Crippen LogP contribution in [0.5, 0.6) is 0 Å². The maximum absolute atomic E-state index is 12.9. The van der Waals surface area contributed by atoms with Crippen LogP contribution in [0.4, 0.5) is 13.2 Å². The third-order valence-electron chi connectivity index (χ3n) is 4.09. The van der Waals surface area contributed by atoms with Gasteiger partial charge in [-0.25, -0.2) is 8.42 Å². The molecule has 0 bridgehead atoms. The highest BCUT2D eigenvalue weighted by Crippen LogP contribution is 2.25. The number of halogens is 4. The molecule has 1 N–H and O–H groups in total. The van der Waals surface area contributed by atoms with Crippen LogP contribution in [0.25, 0.3) is 0 Å². The molecule has 2 rings (SSSR count). The van der Waals surface area contributed by atoms with Crippen molar-refractivity contribution in [3.8, 4) is 0 Å². The smallest absolute Gasteiger partial charge is 0.317 e. The molecule has 1 aromatic rings. The van der Waals surface area contributed by atoms with E-state index in [4.69, 9.17) is 0 Å². The van der Waals surface area contributed by atoms with E-state index in [1.165, 1.54) is 28.6 Å². The van der Waals surface area contributed by atoms with E-state index >= 15 is 0 Å². The summed E-state index contributed by atoms with van der Waals surface area (Å²) in [5.41, 5.74) is 0.0605. The Hall–Kier alpha value is -0.830. The van der Waals surface area contributed by atoms with E-state index in [9.17, 15) is 21.6 Å². The Balaban J connectivity index is 0.00000312. The zero-order valence-corrected chi connectivity index (χ0v) is 15.7. The Bertz CT molecular complexity index is 630. The van der Waals surface area contributed by atoms with Gasteiger partial charge in [0.05, 0.1) is 11.3 Å². The molecule has 0 amide bonds. The quantitative estimate of drug-likeness (QED) is 0.796. The summed E-state index contributed by atoms with van der Waals surface area (Å²) >= 11 is 0. The number of alkyl halides is 3. The van der Waals surface area contributed by atoms with Crippen molar-refractivity contribution in [1.29, 1.82) is 0 Å². The molecule has 0 atom stereocenters. The minimum atomic E-state index is -4.30. The highest BCUT2D eigenvalue weighted by atomic mass is 35.5. The summed E-state index contributed by atoms with van der Waals surface area (Å²) < 4.78 is 64.6. The van der Waals surface area contributed by atoms with Crippen LogP contribution < -0.4 is 5.32 Å². The number of piperidine rings is 1. The van der Waals surface area contributed by atoms with Crippen LogP contribution in [-0.4, -0.2) is 44.6 Å². The summed E-state index contributed by atoms with van der Waals surface area (Å²) in [6, 6.07) is 4.98. The molecular formula is C16H24ClF3N2O2S. The number of hydrogen-bond acceptors (Lipinski definition) is 3. The predicted molar refractivity (Wildman–Crippen MR) is 93.5 cm³/mol. The van der Waals surface area contributed by atoms with Crippen LogP contribution in [0.15, 0.2) is 29.2 Å². The average molecular weight is 401 g/mol. The summed E-state index contributed by atoms with van der Waals surface area (Å²) in [6.07, 6.45) is -3.18. The molecule has 9 heteroatoms. The van der Waals surface area contributed by atoms with Gasteiger partial charge in [-0.2, -0.15) is 17.5 Å². The van der Waals surface area contributed by atoms with Crippen LogP contribution in [0.2, 0.25) is 0 Å². The molecule has 144 valence electrons. The topological polar surface area (TPSA) is 49.4 Å². The number of nitrogens with one attached hydrogen (secondary N) is 1. The van der Waals surface area contributed by atoms with E-state index in [2.05, 4.69) is 5.32 Å². The van der Waals surface area contributed by atoms with Gasteiger partial charge < -0.3 is 5.32 Å². The van der Waals surface area contributed by atoms with Gasteiger partial charge in [0.15, 0.2) is 0 Å². The van der Waals surface area contributed by atoms with E-state index in [0.29, 0.717) is 13.0 Å². The Morgan fingerprint density at radius 1 is 1.16 bits per heavy atom. The maximum Gasteiger partial charge on any atom is 0.393 e. The normalized spacial score (nSPS) is 16.7. The lowest BCUT2D eigenvalue weighted by atomic mass is 10.1. The van der Waals surface area contributed by atoms with Gasteiger partial charge in [0, 0.05) is 12.6 Å². The largest absolute Gasteiger partial charge is 0.393 e. The van der Waals surface area contributed by atoms with Gasteiger partial charge in [-0.05, 0) is 50.0 Å². The molecule has 0 spiro atoms. The van der Waals surface area contributed by atoms with E-state index in [-0.39, 0.29) is 28.9 Å². The molecule has 1 fully saturated rings. The lowest BCUT2D eigenvalue weighted by molar-refractivity contribution is -0.127. The van der Waals surface area contributed by atoms with Gasteiger partial charge in [0.1, 0.15) is 0 Å². The number of rotatable bonds is 6. The first kappa shape index (κ1) is 22.2. The van der Waals surface area contributed by atoms with Crippen LogP contribution in [0.1, 0.15) is 31.7 Å². The fourth-order valence-electron chi connectivity index (χ4n) is 2.96. The number of hydrogen-bond donors (Lipinski definition) is 1. The first-order valence-corrected chi connectivity index (χ1v) is 9.56. The summed E-state index contributed by atoms with van der Waals surface area (Å²) in [7, 11) is -3.70. The van der Waals surface area contributed by atoms with Gasteiger partial charge in [-0.15, -0.1) is 12.4 Å². The van der Waals surface area contributed by atoms with Crippen molar-refractivity contribution in [3.63, 3.8) is 0 Å². The Labute approximate surface area is 153 Å². The van der Waals surface area contributed by atoms with Gasteiger partial charge in [-0.3, -0.25) is 0 Å². The van der Waals surface area contributed by atoms with Crippen LogP contribution in [0.3, 0.4) is 0 Å². The van der Waals surface area contributed by atoms with E-state index < -0.39 is 22.6 Å². The van der Waals surface area contributed by atoms with Crippen molar-refractivity contribution in [2.24, 2.45) is 0 Å². The molecule has 0 saturated carbocycles. The molecule has 1 aliphatic heterocycles. The van der Waals surface area contributed by atoms with Crippen molar-refractivity contribution < 1.29 is 21.6 Å². The van der Waals surface area contributed by atoms with E-state index in [0.717, 1.165) is 25.9 Å². The molecule has 0 radical (unpaired) electrons. The highest BCUT2D eigenvalue weighted by Gasteiger charge is 2.32. The zero-order chi connectivity index (χ0) is 17.8. The molecule has 1 aromatic carbocycles. The second-order valence-electron chi connectivity index (χ2n) is 6.03. The summed E-state index contributed by atoms with van der Waals surface area (Å²) in [5.74, 6) is 0. The number of benzene rings is 1. The maximum atomic E-state index is 12.9. The third kappa shape index (κ3) is 6.13. The molecule has 0 aromatic heterocycles. The Morgan fingerprint density at radius 3 is 2.20 bits per heavy atom. The molecule has 1 heterocycles. The fraction of sp³-hybridized carbons (Fsp3) is 0.625. The summed E-state index contributed by atoms with van der Waals surface area (Å²) in [4.78, 5) is 0.0559. The lowest BCUT2D eigenvalue weighted by Crippen LogP contribution is -2.46. The molecule has 4 nitrogen and oxygen atoms in total.